The summed E-state index contributed by atoms with van der Waals surface area (Å²) in [5.41, 5.74) is 6.84. The van der Waals surface area contributed by atoms with E-state index in [1.165, 1.54) is 25.7 Å². The molecule has 0 unspecified atom stereocenters. The average molecular weight is 309 g/mol. The van der Waals surface area contributed by atoms with Crippen molar-refractivity contribution >= 4 is 29.0 Å². The van der Waals surface area contributed by atoms with E-state index in [0.717, 1.165) is 34.8 Å². The lowest BCUT2D eigenvalue weighted by molar-refractivity contribution is 0.183. The molecule has 4 heteroatoms. The normalized spacial score (nSPS) is 16.6. The van der Waals surface area contributed by atoms with E-state index < -0.39 is 0 Å². The summed E-state index contributed by atoms with van der Waals surface area (Å²) in [6, 6.07) is 6.10. The molecule has 2 nitrogen and oxygen atoms in total. The van der Waals surface area contributed by atoms with Gasteiger partial charge in [0.05, 0.1) is 11.7 Å². The Morgan fingerprint density at radius 3 is 2.60 bits per heavy atom. The van der Waals surface area contributed by atoms with Gasteiger partial charge < -0.3 is 10.5 Å². The quantitative estimate of drug-likeness (QED) is 0.492. The first kappa shape index (κ1) is 15.6. The van der Waals surface area contributed by atoms with Crippen LogP contribution in [0.3, 0.4) is 0 Å². The number of benzene rings is 1. The second-order valence-corrected chi connectivity index (χ2v) is 6.90. The Morgan fingerprint density at radius 2 is 2.00 bits per heavy atom. The second kappa shape index (κ2) is 7.89. The van der Waals surface area contributed by atoms with Crippen molar-refractivity contribution in [3.05, 3.63) is 23.8 Å². The zero-order chi connectivity index (χ0) is 14.4. The Morgan fingerprint density at radius 1 is 1.30 bits per heavy atom. The van der Waals surface area contributed by atoms with E-state index in [4.69, 9.17) is 22.7 Å². The van der Waals surface area contributed by atoms with Crippen molar-refractivity contribution in [2.45, 2.75) is 56.4 Å². The average Bonchev–Trinajstić information content (AvgIpc) is 2.67. The first-order valence-electron chi connectivity index (χ1n) is 7.44. The van der Waals surface area contributed by atoms with Gasteiger partial charge in [-0.05, 0) is 43.6 Å². The van der Waals surface area contributed by atoms with Crippen LogP contribution in [0.1, 0.15) is 51.0 Å². The molecule has 0 heterocycles. The summed E-state index contributed by atoms with van der Waals surface area (Å²) in [5, 5.41) is 0. The molecule has 0 radical (unpaired) electrons. The Labute approximate surface area is 131 Å². The van der Waals surface area contributed by atoms with E-state index in [-0.39, 0.29) is 0 Å². The highest BCUT2D eigenvalue weighted by molar-refractivity contribution is 7.99. The van der Waals surface area contributed by atoms with Crippen LogP contribution in [-0.2, 0) is 0 Å². The standard InChI is InChI=1S/C16H23NOS2/c1-2-20-14-11-7-10-13(15(14)16(17)19)18-12-8-5-3-4-6-9-12/h7,10-12H,2-6,8-9H2,1H3,(H2,17,19). The fraction of sp³-hybridized carbons (Fsp3) is 0.562. The van der Waals surface area contributed by atoms with Gasteiger partial charge in [0.25, 0.3) is 0 Å². The van der Waals surface area contributed by atoms with E-state index in [1.54, 1.807) is 11.8 Å². The van der Waals surface area contributed by atoms with Crippen LogP contribution in [0.25, 0.3) is 0 Å². The molecule has 20 heavy (non-hydrogen) atoms. The molecule has 1 aromatic carbocycles. The van der Waals surface area contributed by atoms with Crippen molar-refractivity contribution in [2.24, 2.45) is 5.73 Å². The number of nitrogens with two attached hydrogens (primary N) is 1. The molecule has 1 aromatic rings. The molecular weight excluding hydrogens is 286 g/mol. The van der Waals surface area contributed by atoms with Crippen LogP contribution in [0, 0.1) is 0 Å². The topological polar surface area (TPSA) is 35.2 Å². The van der Waals surface area contributed by atoms with Crippen LogP contribution in [0.15, 0.2) is 23.1 Å². The van der Waals surface area contributed by atoms with Gasteiger partial charge in [0.1, 0.15) is 10.7 Å². The van der Waals surface area contributed by atoms with Gasteiger partial charge in [-0.1, -0.05) is 38.0 Å². The number of thiocarbonyl (C=S) groups is 1. The lowest BCUT2D eigenvalue weighted by Crippen LogP contribution is -2.19. The zero-order valence-electron chi connectivity index (χ0n) is 12.1. The minimum atomic E-state index is 0.312. The molecule has 0 bridgehead atoms. The monoisotopic (exact) mass is 309 g/mol. The van der Waals surface area contributed by atoms with Gasteiger partial charge in [-0.2, -0.15) is 0 Å². The zero-order valence-corrected chi connectivity index (χ0v) is 13.7. The Balaban J connectivity index is 2.21. The van der Waals surface area contributed by atoms with Gasteiger partial charge in [0.2, 0.25) is 0 Å². The minimum absolute atomic E-state index is 0.312. The highest BCUT2D eigenvalue weighted by Crippen LogP contribution is 2.32. The molecule has 110 valence electrons. The highest BCUT2D eigenvalue weighted by atomic mass is 32.2. The molecule has 0 aliphatic heterocycles. The Hall–Kier alpha value is -0.740. The predicted molar refractivity (Wildman–Crippen MR) is 90.8 cm³/mol. The van der Waals surface area contributed by atoms with Crippen LogP contribution in [-0.4, -0.2) is 16.8 Å². The summed E-state index contributed by atoms with van der Waals surface area (Å²) < 4.78 is 6.23. The van der Waals surface area contributed by atoms with Gasteiger partial charge in [-0.25, -0.2) is 0 Å². The fourth-order valence-corrected chi connectivity index (χ4v) is 3.78. The van der Waals surface area contributed by atoms with E-state index in [0.29, 0.717) is 11.1 Å². The van der Waals surface area contributed by atoms with Crippen molar-refractivity contribution in [1.29, 1.82) is 0 Å². The molecule has 0 amide bonds. The number of hydrogen-bond donors (Lipinski definition) is 1. The smallest absolute Gasteiger partial charge is 0.131 e. The second-order valence-electron chi connectivity index (χ2n) is 5.16. The van der Waals surface area contributed by atoms with Gasteiger partial charge in [0.15, 0.2) is 0 Å². The van der Waals surface area contributed by atoms with Gasteiger partial charge in [0, 0.05) is 4.90 Å². The van der Waals surface area contributed by atoms with E-state index in [9.17, 15) is 0 Å². The summed E-state index contributed by atoms with van der Waals surface area (Å²) in [5.74, 6) is 1.87. The largest absolute Gasteiger partial charge is 0.490 e. The predicted octanol–water partition coefficient (Wildman–Crippen LogP) is 4.53. The van der Waals surface area contributed by atoms with Crippen molar-refractivity contribution in [2.75, 3.05) is 5.75 Å². The molecule has 1 fully saturated rings. The Bertz CT molecular complexity index is 454. The number of hydrogen-bond acceptors (Lipinski definition) is 3. The third-order valence-corrected chi connectivity index (χ3v) is 4.77. The maximum absolute atomic E-state index is 6.23. The summed E-state index contributed by atoms with van der Waals surface area (Å²) in [4.78, 5) is 1.57. The van der Waals surface area contributed by atoms with Crippen LogP contribution >= 0.6 is 24.0 Å². The lowest BCUT2D eigenvalue weighted by atomic mass is 10.1. The number of ether oxygens (including phenoxy) is 1. The Kier molecular flexibility index (Phi) is 6.17. The van der Waals surface area contributed by atoms with Crippen molar-refractivity contribution < 1.29 is 4.74 Å². The molecule has 1 aliphatic carbocycles. The van der Waals surface area contributed by atoms with E-state index in [2.05, 4.69) is 13.0 Å². The number of rotatable bonds is 5. The fourth-order valence-electron chi connectivity index (χ4n) is 2.67. The molecule has 1 saturated carbocycles. The number of thioether (sulfide) groups is 1. The van der Waals surface area contributed by atoms with Crippen molar-refractivity contribution in [3.8, 4) is 5.75 Å². The van der Waals surface area contributed by atoms with Crippen molar-refractivity contribution in [3.63, 3.8) is 0 Å². The van der Waals surface area contributed by atoms with Crippen LogP contribution in [0.4, 0.5) is 0 Å². The molecule has 0 atom stereocenters. The third-order valence-electron chi connectivity index (χ3n) is 3.63. The molecular formula is C16H23NOS2. The molecule has 0 saturated heterocycles. The van der Waals surface area contributed by atoms with Crippen LogP contribution in [0.5, 0.6) is 5.75 Å². The highest BCUT2D eigenvalue weighted by Gasteiger charge is 2.18. The molecule has 1 aliphatic rings. The summed E-state index contributed by atoms with van der Waals surface area (Å²) >= 11 is 6.99. The summed E-state index contributed by atoms with van der Waals surface area (Å²) in [6.45, 7) is 2.13. The first-order valence-corrected chi connectivity index (χ1v) is 8.84. The first-order chi connectivity index (χ1) is 9.72. The minimum Gasteiger partial charge on any atom is -0.490 e. The SMILES string of the molecule is CCSc1cccc(OC2CCCCCC2)c1C(N)=S. The lowest BCUT2D eigenvalue weighted by Gasteiger charge is -2.20. The van der Waals surface area contributed by atoms with Crippen LogP contribution < -0.4 is 10.5 Å². The van der Waals surface area contributed by atoms with Crippen molar-refractivity contribution in [1.82, 2.24) is 0 Å². The van der Waals surface area contributed by atoms with E-state index in [1.807, 2.05) is 12.1 Å². The summed E-state index contributed by atoms with van der Waals surface area (Å²) in [6.07, 6.45) is 7.77. The van der Waals surface area contributed by atoms with Gasteiger partial charge in [-0.3, -0.25) is 0 Å². The van der Waals surface area contributed by atoms with Crippen LogP contribution in [0.2, 0.25) is 0 Å². The van der Waals surface area contributed by atoms with Gasteiger partial charge >= 0.3 is 0 Å². The molecule has 0 aromatic heterocycles. The molecule has 0 spiro atoms. The summed E-state index contributed by atoms with van der Waals surface area (Å²) in [7, 11) is 0. The maximum Gasteiger partial charge on any atom is 0.131 e. The molecule has 2 N–H and O–H groups in total. The van der Waals surface area contributed by atoms with Gasteiger partial charge in [-0.15, -0.1) is 11.8 Å². The van der Waals surface area contributed by atoms with E-state index >= 15 is 0 Å². The molecule has 2 rings (SSSR count). The third kappa shape index (κ3) is 4.13. The maximum atomic E-state index is 6.23.